The fraction of sp³-hybridized carbons (Fsp3) is 0.115. The maximum Gasteiger partial charge on any atom is 0.338 e. The molecule has 34 heavy (non-hydrogen) atoms. The zero-order valence-corrected chi connectivity index (χ0v) is 18.8. The Hall–Kier alpha value is -4.59. The maximum atomic E-state index is 12.7. The van der Waals surface area contributed by atoms with Gasteiger partial charge in [0.2, 0.25) is 5.95 Å². The molecular weight excluding hydrogens is 430 g/mol. The highest BCUT2D eigenvalue weighted by molar-refractivity contribution is 6.05. The second kappa shape index (κ2) is 10.4. The molecule has 2 heterocycles. The predicted molar refractivity (Wildman–Crippen MR) is 130 cm³/mol. The summed E-state index contributed by atoms with van der Waals surface area (Å²) in [5.74, 6) is -0.277. The lowest BCUT2D eigenvalue weighted by Gasteiger charge is -2.12. The number of nitrogens with zero attached hydrogens (tertiary/aromatic N) is 3. The Bertz CT molecular complexity index is 1310. The Morgan fingerprint density at radius 2 is 1.76 bits per heavy atom. The molecule has 8 nitrogen and oxygen atoms in total. The van der Waals surface area contributed by atoms with Crippen LogP contribution in [-0.4, -0.2) is 33.4 Å². The summed E-state index contributed by atoms with van der Waals surface area (Å²) in [4.78, 5) is 37.5. The highest BCUT2D eigenvalue weighted by Crippen LogP contribution is 2.24. The van der Waals surface area contributed by atoms with Crippen LogP contribution in [-0.2, 0) is 4.74 Å². The van der Waals surface area contributed by atoms with Crippen LogP contribution < -0.4 is 10.6 Å². The second-order valence-corrected chi connectivity index (χ2v) is 7.41. The van der Waals surface area contributed by atoms with E-state index in [0.717, 1.165) is 22.5 Å². The van der Waals surface area contributed by atoms with Gasteiger partial charge in [0.15, 0.2) is 0 Å². The van der Waals surface area contributed by atoms with Crippen LogP contribution in [0.1, 0.15) is 33.2 Å². The molecule has 0 aliphatic rings. The summed E-state index contributed by atoms with van der Waals surface area (Å²) in [7, 11) is 0. The van der Waals surface area contributed by atoms with E-state index in [-0.39, 0.29) is 5.91 Å². The van der Waals surface area contributed by atoms with Gasteiger partial charge in [-0.3, -0.25) is 9.78 Å². The van der Waals surface area contributed by atoms with Gasteiger partial charge in [0.1, 0.15) is 0 Å². The van der Waals surface area contributed by atoms with Crippen molar-refractivity contribution in [1.82, 2.24) is 15.0 Å². The quantitative estimate of drug-likeness (QED) is 0.379. The molecule has 4 aromatic rings. The minimum absolute atomic E-state index is 0.292. The lowest BCUT2D eigenvalue weighted by Crippen LogP contribution is -2.13. The smallest absolute Gasteiger partial charge is 0.338 e. The van der Waals surface area contributed by atoms with Crippen LogP contribution in [0.2, 0.25) is 0 Å². The first-order chi connectivity index (χ1) is 16.5. The molecule has 0 saturated carbocycles. The monoisotopic (exact) mass is 453 g/mol. The topological polar surface area (TPSA) is 106 Å². The number of hydrogen-bond donors (Lipinski definition) is 2. The Balaban J connectivity index is 1.48. The number of benzene rings is 2. The van der Waals surface area contributed by atoms with Gasteiger partial charge in [-0.2, -0.15) is 0 Å². The van der Waals surface area contributed by atoms with Crippen LogP contribution in [0.25, 0.3) is 11.3 Å². The number of rotatable bonds is 7. The Morgan fingerprint density at radius 3 is 2.50 bits per heavy atom. The second-order valence-electron chi connectivity index (χ2n) is 7.41. The lowest BCUT2D eigenvalue weighted by molar-refractivity contribution is 0.0526. The van der Waals surface area contributed by atoms with Gasteiger partial charge in [0.05, 0.1) is 17.9 Å². The van der Waals surface area contributed by atoms with Gasteiger partial charge in [-0.1, -0.05) is 6.07 Å². The minimum atomic E-state index is -0.418. The summed E-state index contributed by atoms with van der Waals surface area (Å²) in [6, 6.07) is 17.5. The maximum absolute atomic E-state index is 12.7. The number of pyridine rings is 1. The van der Waals surface area contributed by atoms with Crippen molar-refractivity contribution >= 4 is 29.2 Å². The van der Waals surface area contributed by atoms with E-state index in [1.165, 1.54) is 0 Å². The first kappa shape index (κ1) is 22.6. The zero-order chi connectivity index (χ0) is 23.9. The molecule has 4 rings (SSSR count). The number of carbonyl (C=O) groups excluding carboxylic acids is 2. The number of amides is 1. The summed E-state index contributed by atoms with van der Waals surface area (Å²) >= 11 is 0. The van der Waals surface area contributed by atoms with Gasteiger partial charge < -0.3 is 15.4 Å². The van der Waals surface area contributed by atoms with Crippen molar-refractivity contribution in [2.24, 2.45) is 0 Å². The number of aryl methyl sites for hydroxylation is 1. The van der Waals surface area contributed by atoms with Crippen molar-refractivity contribution in [1.29, 1.82) is 0 Å². The third-order valence-corrected chi connectivity index (χ3v) is 5.01. The Labute approximate surface area is 197 Å². The van der Waals surface area contributed by atoms with E-state index in [0.29, 0.717) is 29.4 Å². The molecule has 0 unspecified atom stereocenters. The van der Waals surface area contributed by atoms with Crippen LogP contribution in [0.4, 0.5) is 17.3 Å². The van der Waals surface area contributed by atoms with Crippen LogP contribution in [0, 0.1) is 6.92 Å². The molecule has 0 aliphatic carbocycles. The molecule has 0 bridgehead atoms. The number of anilines is 3. The van der Waals surface area contributed by atoms with Crippen molar-refractivity contribution in [2.75, 3.05) is 17.2 Å². The largest absolute Gasteiger partial charge is 0.462 e. The SMILES string of the molecule is CCOC(=O)c1ccc(C(=O)Nc2ccc(C)c(Nc3nccc(-c4cccnc4)n3)c2)cc1. The van der Waals surface area contributed by atoms with Crippen molar-refractivity contribution in [3.63, 3.8) is 0 Å². The summed E-state index contributed by atoms with van der Waals surface area (Å²) < 4.78 is 4.97. The van der Waals surface area contributed by atoms with E-state index in [1.807, 2.05) is 43.3 Å². The van der Waals surface area contributed by atoms with Crippen molar-refractivity contribution in [2.45, 2.75) is 13.8 Å². The van der Waals surface area contributed by atoms with E-state index in [4.69, 9.17) is 4.74 Å². The fourth-order valence-electron chi connectivity index (χ4n) is 3.22. The summed E-state index contributed by atoms with van der Waals surface area (Å²) in [5, 5.41) is 6.10. The summed E-state index contributed by atoms with van der Waals surface area (Å²) in [6.07, 6.45) is 5.13. The molecule has 0 spiro atoms. The highest BCUT2D eigenvalue weighted by Gasteiger charge is 2.11. The van der Waals surface area contributed by atoms with E-state index >= 15 is 0 Å². The number of nitrogens with one attached hydrogen (secondary N) is 2. The molecule has 8 heteroatoms. The zero-order valence-electron chi connectivity index (χ0n) is 18.8. The Kier molecular flexibility index (Phi) is 6.88. The third kappa shape index (κ3) is 5.42. The normalized spacial score (nSPS) is 10.4. The van der Waals surface area contributed by atoms with Crippen molar-refractivity contribution < 1.29 is 14.3 Å². The summed E-state index contributed by atoms with van der Waals surface area (Å²) in [5.41, 5.74) is 4.80. The number of carbonyl (C=O) groups is 2. The molecular formula is C26H23N5O3. The molecule has 2 aromatic carbocycles. The number of esters is 1. The standard InChI is InChI=1S/C26H23N5O3/c1-3-34-25(33)19-9-7-18(8-10-19)24(32)29-21-11-6-17(2)23(15-21)31-26-28-14-12-22(30-26)20-5-4-13-27-16-20/h4-16H,3H2,1-2H3,(H,29,32)(H,28,30,31). The first-order valence-electron chi connectivity index (χ1n) is 10.7. The van der Waals surface area contributed by atoms with Crippen LogP contribution >= 0.6 is 0 Å². The lowest BCUT2D eigenvalue weighted by atomic mass is 10.1. The molecule has 2 N–H and O–H groups in total. The van der Waals surface area contributed by atoms with Crippen LogP contribution in [0.15, 0.2) is 79.3 Å². The van der Waals surface area contributed by atoms with E-state index in [1.54, 1.807) is 49.8 Å². The average Bonchev–Trinajstić information content (AvgIpc) is 2.87. The molecule has 0 aliphatic heterocycles. The fourth-order valence-corrected chi connectivity index (χ4v) is 3.22. The first-order valence-corrected chi connectivity index (χ1v) is 10.7. The van der Waals surface area contributed by atoms with Gasteiger partial charge in [0.25, 0.3) is 5.91 Å². The number of ether oxygens (including phenoxy) is 1. The molecule has 1 amide bonds. The molecule has 0 fully saturated rings. The molecule has 0 atom stereocenters. The summed E-state index contributed by atoms with van der Waals surface area (Å²) in [6.45, 7) is 3.99. The van der Waals surface area contributed by atoms with Crippen molar-refractivity contribution in [3.05, 3.63) is 95.9 Å². The van der Waals surface area contributed by atoms with E-state index in [9.17, 15) is 9.59 Å². The molecule has 0 saturated heterocycles. The van der Waals surface area contributed by atoms with Gasteiger partial charge in [-0.05, 0) is 74.0 Å². The van der Waals surface area contributed by atoms with Crippen LogP contribution in [0.3, 0.4) is 0 Å². The van der Waals surface area contributed by atoms with Crippen molar-refractivity contribution in [3.8, 4) is 11.3 Å². The highest BCUT2D eigenvalue weighted by atomic mass is 16.5. The molecule has 2 aromatic heterocycles. The van der Waals surface area contributed by atoms with Gasteiger partial charge >= 0.3 is 5.97 Å². The third-order valence-electron chi connectivity index (χ3n) is 5.01. The number of aromatic nitrogens is 3. The molecule has 0 radical (unpaired) electrons. The van der Waals surface area contributed by atoms with Gasteiger partial charge in [-0.15, -0.1) is 0 Å². The van der Waals surface area contributed by atoms with E-state index < -0.39 is 5.97 Å². The van der Waals surface area contributed by atoms with Gasteiger partial charge in [0, 0.05) is 41.1 Å². The number of hydrogen-bond acceptors (Lipinski definition) is 7. The minimum Gasteiger partial charge on any atom is -0.462 e. The average molecular weight is 454 g/mol. The van der Waals surface area contributed by atoms with Crippen LogP contribution in [0.5, 0.6) is 0 Å². The molecule has 170 valence electrons. The van der Waals surface area contributed by atoms with Gasteiger partial charge in [-0.25, -0.2) is 14.8 Å². The van der Waals surface area contributed by atoms with E-state index in [2.05, 4.69) is 25.6 Å². The predicted octanol–water partition coefficient (Wildman–Crippen LogP) is 5.02. The Morgan fingerprint density at radius 1 is 0.971 bits per heavy atom.